The van der Waals surface area contributed by atoms with Crippen molar-refractivity contribution >= 4 is 39.0 Å². The third kappa shape index (κ3) is 3.88. The molecule has 0 aliphatic rings. The van der Waals surface area contributed by atoms with Crippen LogP contribution in [0.2, 0.25) is 0 Å². The number of hydrogen-bond acceptors (Lipinski definition) is 3. The number of benzene rings is 1. The van der Waals surface area contributed by atoms with Gasteiger partial charge in [-0.05, 0) is 53.9 Å². The fourth-order valence-corrected chi connectivity index (χ4v) is 5.16. The van der Waals surface area contributed by atoms with Crippen molar-refractivity contribution < 1.29 is 0 Å². The number of thiophene rings is 1. The zero-order valence-corrected chi connectivity index (χ0v) is 15.2. The number of rotatable bonds is 5. The van der Waals surface area contributed by atoms with Crippen LogP contribution in [0, 0.1) is 13.8 Å². The third-order valence-electron chi connectivity index (χ3n) is 3.33. The standard InChI is InChI=1S/C16H20BrNS2/c1-4-13(18)16(15-8-12(17)9-19-15)20-14-7-10(2)5-6-11(14)3/h5-9,13,16H,4,18H2,1-3H3. The van der Waals surface area contributed by atoms with Gasteiger partial charge >= 0.3 is 0 Å². The Balaban J connectivity index is 2.30. The van der Waals surface area contributed by atoms with E-state index in [0.717, 1.165) is 10.9 Å². The molecule has 0 radical (unpaired) electrons. The van der Waals surface area contributed by atoms with Crippen molar-refractivity contribution in [2.45, 2.75) is 43.4 Å². The fraction of sp³-hybridized carbons (Fsp3) is 0.375. The Hall–Kier alpha value is -0.290. The van der Waals surface area contributed by atoms with Crippen molar-refractivity contribution in [1.82, 2.24) is 0 Å². The lowest BCUT2D eigenvalue weighted by atomic mass is 10.1. The second-order valence-corrected chi connectivity index (χ2v) is 8.09. The molecule has 0 aliphatic carbocycles. The van der Waals surface area contributed by atoms with Gasteiger partial charge in [-0.3, -0.25) is 0 Å². The summed E-state index contributed by atoms with van der Waals surface area (Å²) in [6.07, 6.45) is 0.984. The maximum atomic E-state index is 6.36. The van der Waals surface area contributed by atoms with Gasteiger partial charge in [0.15, 0.2) is 0 Å². The minimum Gasteiger partial charge on any atom is -0.326 e. The van der Waals surface area contributed by atoms with Crippen molar-refractivity contribution in [3.05, 3.63) is 50.1 Å². The Bertz CT molecular complexity index is 580. The van der Waals surface area contributed by atoms with Gasteiger partial charge in [-0.1, -0.05) is 24.6 Å². The van der Waals surface area contributed by atoms with Gasteiger partial charge in [0.05, 0.1) is 5.25 Å². The molecule has 108 valence electrons. The molecule has 0 bridgehead atoms. The van der Waals surface area contributed by atoms with Crippen molar-refractivity contribution in [2.75, 3.05) is 0 Å². The molecule has 1 aromatic carbocycles. The fourth-order valence-electron chi connectivity index (χ4n) is 2.02. The van der Waals surface area contributed by atoms with E-state index in [-0.39, 0.29) is 6.04 Å². The van der Waals surface area contributed by atoms with Crippen LogP contribution >= 0.6 is 39.0 Å². The first-order chi connectivity index (χ1) is 9.51. The van der Waals surface area contributed by atoms with E-state index < -0.39 is 0 Å². The summed E-state index contributed by atoms with van der Waals surface area (Å²) in [5.41, 5.74) is 8.99. The van der Waals surface area contributed by atoms with E-state index in [2.05, 4.69) is 66.3 Å². The van der Waals surface area contributed by atoms with Crippen LogP contribution in [0.1, 0.15) is 34.6 Å². The van der Waals surface area contributed by atoms with Crippen LogP contribution in [-0.2, 0) is 0 Å². The number of thioether (sulfide) groups is 1. The Morgan fingerprint density at radius 2 is 2.05 bits per heavy atom. The van der Waals surface area contributed by atoms with Gasteiger partial charge in [-0.15, -0.1) is 23.1 Å². The topological polar surface area (TPSA) is 26.0 Å². The number of halogens is 1. The van der Waals surface area contributed by atoms with E-state index >= 15 is 0 Å². The SMILES string of the molecule is CCC(N)C(Sc1cc(C)ccc1C)c1cc(Br)cs1. The van der Waals surface area contributed by atoms with Crippen molar-refractivity contribution in [3.8, 4) is 0 Å². The highest BCUT2D eigenvalue weighted by Crippen LogP contribution is 2.42. The molecule has 0 amide bonds. The first-order valence-corrected chi connectivity index (χ1v) is 9.30. The van der Waals surface area contributed by atoms with Crippen LogP contribution in [0.4, 0.5) is 0 Å². The lowest BCUT2D eigenvalue weighted by molar-refractivity contribution is 0.639. The average Bonchev–Trinajstić information content (AvgIpc) is 2.85. The number of nitrogens with two attached hydrogens (primary N) is 1. The predicted octanol–water partition coefficient (Wildman–Crippen LogP) is 5.70. The smallest absolute Gasteiger partial charge is 0.0589 e. The van der Waals surface area contributed by atoms with Gasteiger partial charge in [0.25, 0.3) is 0 Å². The molecule has 0 spiro atoms. The van der Waals surface area contributed by atoms with E-state index in [9.17, 15) is 0 Å². The molecule has 2 N–H and O–H groups in total. The van der Waals surface area contributed by atoms with Gasteiger partial charge in [-0.25, -0.2) is 0 Å². The molecule has 1 heterocycles. The monoisotopic (exact) mass is 369 g/mol. The third-order valence-corrected chi connectivity index (χ3v) is 6.80. The molecule has 1 aromatic heterocycles. The van der Waals surface area contributed by atoms with Crippen LogP contribution in [-0.4, -0.2) is 6.04 Å². The molecule has 2 atom stereocenters. The highest BCUT2D eigenvalue weighted by molar-refractivity contribution is 9.10. The summed E-state index contributed by atoms with van der Waals surface area (Å²) in [7, 11) is 0. The van der Waals surface area contributed by atoms with E-state index in [1.807, 2.05) is 11.8 Å². The maximum absolute atomic E-state index is 6.36. The highest BCUT2D eigenvalue weighted by atomic mass is 79.9. The Kier molecular flexibility index (Phi) is 5.73. The molecule has 0 aliphatic heterocycles. The lowest BCUT2D eigenvalue weighted by Gasteiger charge is -2.22. The summed E-state index contributed by atoms with van der Waals surface area (Å²) in [4.78, 5) is 2.68. The molecule has 0 saturated carbocycles. The second-order valence-electron chi connectivity index (χ2n) is 5.05. The summed E-state index contributed by atoms with van der Waals surface area (Å²) < 4.78 is 1.15. The van der Waals surface area contributed by atoms with Gasteiger partial charge in [0.1, 0.15) is 0 Å². The first-order valence-electron chi connectivity index (χ1n) is 6.74. The molecule has 2 aromatic rings. The normalized spacial score (nSPS) is 14.2. The number of hydrogen-bond donors (Lipinski definition) is 1. The van der Waals surface area contributed by atoms with Crippen molar-refractivity contribution in [2.24, 2.45) is 5.73 Å². The van der Waals surface area contributed by atoms with E-state index in [4.69, 9.17) is 5.73 Å². The van der Waals surface area contributed by atoms with Crippen LogP contribution in [0.3, 0.4) is 0 Å². The molecular formula is C16H20BrNS2. The summed E-state index contributed by atoms with van der Waals surface area (Å²) >= 11 is 7.22. The van der Waals surface area contributed by atoms with Crippen LogP contribution < -0.4 is 5.73 Å². The average molecular weight is 370 g/mol. The molecule has 2 unspecified atom stereocenters. The van der Waals surface area contributed by atoms with Gasteiger partial charge in [0.2, 0.25) is 0 Å². The van der Waals surface area contributed by atoms with Crippen LogP contribution in [0.15, 0.2) is 39.0 Å². The van der Waals surface area contributed by atoms with Gasteiger partial charge < -0.3 is 5.73 Å². The largest absolute Gasteiger partial charge is 0.326 e. The lowest BCUT2D eigenvalue weighted by Crippen LogP contribution is -2.25. The molecular weight excluding hydrogens is 350 g/mol. The van der Waals surface area contributed by atoms with Crippen molar-refractivity contribution in [3.63, 3.8) is 0 Å². The minimum atomic E-state index is 0.172. The second kappa shape index (κ2) is 7.12. The molecule has 2 rings (SSSR count). The molecule has 20 heavy (non-hydrogen) atoms. The summed E-state index contributed by atoms with van der Waals surface area (Å²) in [6, 6.07) is 8.98. The Morgan fingerprint density at radius 1 is 1.30 bits per heavy atom. The van der Waals surface area contributed by atoms with Crippen LogP contribution in [0.25, 0.3) is 0 Å². The predicted molar refractivity (Wildman–Crippen MR) is 94.8 cm³/mol. The molecule has 1 nitrogen and oxygen atoms in total. The molecule has 0 saturated heterocycles. The number of aryl methyl sites for hydroxylation is 2. The maximum Gasteiger partial charge on any atom is 0.0589 e. The highest BCUT2D eigenvalue weighted by Gasteiger charge is 2.22. The summed E-state index contributed by atoms with van der Waals surface area (Å²) in [5.74, 6) is 0. The summed E-state index contributed by atoms with van der Waals surface area (Å²) in [5, 5.41) is 2.45. The van der Waals surface area contributed by atoms with E-state index in [0.29, 0.717) is 5.25 Å². The summed E-state index contributed by atoms with van der Waals surface area (Å²) in [6.45, 7) is 6.46. The van der Waals surface area contributed by atoms with Crippen LogP contribution in [0.5, 0.6) is 0 Å². The molecule has 0 fully saturated rings. The Morgan fingerprint density at radius 3 is 2.65 bits per heavy atom. The van der Waals surface area contributed by atoms with E-state index in [1.165, 1.54) is 20.9 Å². The Labute approximate surface area is 138 Å². The molecule has 4 heteroatoms. The quantitative estimate of drug-likeness (QED) is 0.684. The van der Waals surface area contributed by atoms with Gasteiger partial charge in [0, 0.05) is 25.7 Å². The zero-order chi connectivity index (χ0) is 14.7. The van der Waals surface area contributed by atoms with E-state index in [1.54, 1.807) is 11.3 Å². The first kappa shape index (κ1) is 16.1. The van der Waals surface area contributed by atoms with Crippen molar-refractivity contribution in [1.29, 1.82) is 0 Å². The van der Waals surface area contributed by atoms with Gasteiger partial charge in [-0.2, -0.15) is 0 Å². The minimum absolute atomic E-state index is 0.172. The zero-order valence-electron chi connectivity index (χ0n) is 12.0.